The fourth-order valence-corrected chi connectivity index (χ4v) is 0.899. The quantitative estimate of drug-likeness (QED) is 0.613. The molecule has 0 aliphatic heterocycles. The SMILES string of the molecule is CNCC(=O)c1ccnn1C. The molecule has 0 aromatic carbocycles. The van der Waals surface area contributed by atoms with Crippen LogP contribution in [0, 0.1) is 0 Å². The third-order valence-electron chi connectivity index (χ3n) is 1.44. The van der Waals surface area contributed by atoms with Gasteiger partial charge in [0.1, 0.15) is 5.69 Å². The summed E-state index contributed by atoms with van der Waals surface area (Å²) in [4.78, 5) is 11.2. The van der Waals surface area contributed by atoms with Gasteiger partial charge >= 0.3 is 0 Å². The number of aromatic nitrogens is 2. The van der Waals surface area contributed by atoms with E-state index in [9.17, 15) is 4.79 Å². The zero-order valence-corrected chi connectivity index (χ0v) is 6.66. The third kappa shape index (κ3) is 1.65. The van der Waals surface area contributed by atoms with Gasteiger partial charge in [-0.3, -0.25) is 9.48 Å². The van der Waals surface area contributed by atoms with Crippen molar-refractivity contribution in [2.24, 2.45) is 7.05 Å². The zero-order chi connectivity index (χ0) is 8.27. The highest BCUT2D eigenvalue weighted by atomic mass is 16.1. The first kappa shape index (κ1) is 7.94. The molecule has 0 bridgehead atoms. The minimum atomic E-state index is 0.0625. The molecule has 0 unspecified atom stereocenters. The lowest BCUT2D eigenvalue weighted by atomic mass is 10.3. The van der Waals surface area contributed by atoms with E-state index < -0.39 is 0 Å². The molecule has 11 heavy (non-hydrogen) atoms. The number of hydrogen-bond donors (Lipinski definition) is 1. The first-order chi connectivity index (χ1) is 5.25. The number of ketones is 1. The smallest absolute Gasteiger partial charge is 0.194 e. The van der Waals surface area contributed by atoms with Crippen LogP contribution in [0.3, 0.4) is 0 Å². The van der Waals surface area contributed by atoms with Crippen LogP contribution in [-0.4, -0.2) is 29.2 Å². The molecular formula is C7H11N3O. The van der Waals surface area contributed by atoms with Gasteiger partial charge in [-0.15, -0.1) is 0 Å². The van der Waals surface area contributed by atoms with Gasteiger partial charge in [-0.25, -0.2) is 0 Å². The summed E-state index contributed by atoms with van der Waals surface area (Å²) < 4.78 is 1.57. The molecule has 0 aliphatic carbocycles. The van der Waals surface area contributed by atoms with Crippen molar-refractivity contribution in [3.05, 3.63) is 18.0 Å². The monoisotopic (exact) mass is 153 g/mol. The van der Waals surface area contributed by atoms with E-state index in [1.807, 2.05) is 0 Å². The molecule has 0 spiro atoms. The number of carbonyl (C=O) groups is 1. The molecule has 1 N–H and O–H groups in total. The minimum Gasteiger partial charge on any atom is -0.313 e. The summed E-state index contributed by atoms with van der Waals surface area (Å²) in [5.41, 5.74) is 0.638. The Labute approximate surface area is 65.2 Å². The van der Waals surface area contributed by atoms with Crippen molar-refractivity contribution in [1.29, 1.82) is 0 Å². The van der Waals surface area contributed by atoms with Gasteiger partial charge < -0.3 is 5.32 Å². The summed E-state index contributed by atoms with van der Waals surface area (Å²) >= 11 is 0. The Morgan fingerprint density at radius 3 is 3.00 bits per heavy atom. The fraction of sp³-hybridized carbons (Fsp3) is 0.429. The van der Waals surface area contributed by atoms with Gasteiger partial charge in [0.2, 0.25) is 0 Å². The largest absolute Gasteiger partial charge is 0.313 e. The minimum absolute atomic E-state index is 0.0625. The number of likely N-dealkylation sites (N-methyl/N-ethyl adjacent to an activating group) is 1. The molecule has 4 nitrogen and oxygen atoms in total. The van der Waals surface area contributed by atoms with Crippen LogP contribution in [0.15, 0.2) is 12.3 Å². The molecule has 0 atom stereocenters. The Bertz CT molecular complexity index is 254. The Morgan fingerprint density at radius 1 is 1.82 bits per heavy atom. The summed E-state index contributed by atoms with van der Waals surface area (Å²) in [7, 11) is 3.50. The van der Waals surface area contributed by atoms with E-state index in [0.717, 1.165) is 0 Å². The first-order valence-corrected chi connectivity index (χ1v) is 3.41. The Hall–Kier alpha value is -1.16. The van der Waals surface area contributed by atoms with Crippen LogP contribution in [0.5, 0.6) is 0 Å². The highest BCUT2D eigenvalue weighted by Crippen LogP contribution is 1.95. The highest BCUT2D eigenvalue weighted by Gasteiger charge is 2.07. The lowest BCUT2D eigenvalue weighted by Gasteiger charge is -1.98. The average molecular weight is 153 g/mol. The Balaban J connectivity index is 2.76. The van der Waals surface area contributed by atoms with Gasteiger partial charge in [0.05, 0.1) is 6.54 Å². The molecule has 1 heterocycles. The fourth-order valence-electron chi connectivity index (χ4n) is 0.899. The molecule has 0 fully saturated rings. The zero-order valence-electron chi connectivity index (χ0n) is 6.66. The van der Waals surface area contributed by atoms with Crippen molar-refractivity contribution in [3.63, 3.8) is 0 Å². The van der Waals surface area contributed by atoms with Crippen LogP contribution in [0.2, 0.25) is 0 Å². The summed E-state index contributed by atoms with van der Waals surface area (Å²) in [6.07, 6.45) is 1.61. The molecule has 1 aromatic rings. The Morgan fingerprint density at radius 2 is 2.55 bits per heavy atom. The van der Waals surface area contributed by atoms with E-state index in [1.165, 1.54) is 0 Å². The van der Waals surface area contributed by atoms with E-state index in [2.05, 4.69) is 10.4 Å². The summed E-state index contributed by atoms with van der Waals surface area (Å²) in [5, 5.41) is 6.68. The van der Waals surface area contributed by atoms with E-state index in [0.29, 0.717) is 12.2 Å². The van der Waals surface area contributed by atoms with Crippen molar-refractivity contribution in [2.75, 3.05) is 13.6 Å². The predicted molar refractivity (Wildman–Crippen MR) is 41.5 cm³/mol. The van der Waals surface area contributed by atoms with Gasteiger partial charge in [-0.2, -0.15) is 5.10 Å². The molecule has 0 saturated carbocycles. The first-order valence-electron chi connectivity index (χ1n) is 3.41. The van der Waals surface area contributed by atoms with Crippen molar-refractivity contribution in [1.82, 2.24) is 15.1 Å². The summed E-state index contributed by atoms with van der Waals surface area (Å²) in [5.74, 6) is 0.0625. The standard InChI is InChI=1S/C7H11N3O/c1-8-5-7(11)6-3-4-9-10(6)2/h3-4,8H,5H2,1-2H3. The van der Waals surface area contributed by atoms with E-state index >= 15 is 0 Å². The van der Waals surface area contributed by atoms with Crippen LogP contribution in [0.25, 0.3) is 0 Å². The summed E-state index contributed by atoms with van der Waals surface area (Å²) in [6.45, 7) is 0.361. The number of Topliss-reactive ketones (excluding diaryl/α,β-unsaturated/α-hetero) is 1. The molecule has 60 valence electrons. The van der Waals surface area contributed by atoms with E-state index in [-0.39, 0.29) is 5.78 Å². The molecule has 0 saturated heterocycles. The molecule has 0 amide bonds. The van der Waals surface area contributed by atoms with Crippen LogP contribution in [0.4, 0.5) is 0 Å². The van der Waals surface area contributed by atoms with Crippen LogP contribution in [0.1, 0.15) is 10.5 Å². The van der Waals surface area contributed by atoms with Crippen LogP contribution in [-0.2, 0) is 7.05 Å². The highest BCUT2D eigenvalue weighted by molar-refractivity contribution is 5.95. The maximum atomic E-state index is 11.2. The Kier molecular flexibility index (Phi) is 2.38. The van der Waals surface area contributed by atoms with Crippen molar-refractivity contribution in [3.8, 4) is 0 Å². The predicted octanol–water partition coefficient (Wildman–Crippen LogP) is -0.178. The average Bonchev–Trinajstić information content (AvgIpc) is 2.36. The maximum absolute atomic E-state index is 11.2. The molecule has 4 heteroatoms. The maximum Gasteiger partial charge on any atom is 0.194 e. The second-order valence-corrected chi connectivity index (χ2v) is 2.29. The second-order valence-electron chi connectivity index (χ2n) is 2.29. The lowest BCUT2D eigenvalue weighted by molar-refractivity contribution is 0.0984. The van der Waals surface area contributed by atoms with Gasteiger partial charge in [0.25, 0.3) is 0 Å². The molecular weight excluding hydrogens is 142 g/mol. The normalized spacial score (nSPS) is 10.0. The lowest BCUT2D eigenvalue weighted by Crippen LogP contribution is -2.20. The van der Waals surface area contributed by atoms with Crippen LogP contribution < -0.4 is 5.32 Å². The molecule has 0 radical (unpaired) electrons. The van der Waals surface area contributed by atoms with Crippen molar-refractivity contribution < 1.29 is 4.79 Å². The van der Waals surface area contributed by atoms with Gasteiger partial charge in [-0.05, 0) is 13.1 Å². The third-order valence-corrected chi connectivity index (χ3v) is 1.44. The summed E-state index contributed by atoms with van der Waals surface area (Å²) in [6, 6.07) is 1.71. The number of nitrogens with zero attached hydrogens (tertiary/aromatic N) is 2. The van der Waals surface area contributed by atoms with Gasteiger partial charge in [0.15, 0.2) is 5.78 Å². The number of hydrogen-bond acceptors (Lipinski definition) is 3. The van der Waals surface area contributed by atoms with E-state index in [4.69, 9.17) is 0 Å². The van der Waals surface area contributed by atoms with Gasteiger partial charge in [0, 0.05) is 13.2 Å². The number of rotatable bonds is 3. The number of aryl methyl sites for hydroxylation is 1. The number of nitrogens with one attached hydrogen (secondary N) is 1. The molecule has 1 rings (SSSR count). The molecule has 1 aromatic heterocycles. The number of carbonyl (C=O) groups excluding carboxylic acids is 1. The van der Waals surface area contributed by atoms with Crippen molar-refractivity contribution in [2.45, 2.75) is 0 Å². The van der Waals surface area contributed by atoms with E-state index in [1.54, 1.807) is 31.0 Å². The van der Waals surface area contributed by atoms with Gasteiger partial charge in [-0.1, -0.05) is 0 Å². The molecule has 0 aliphatic rings. The second kappa shape index (κ2) is 3.30. The van der Waals surface area contributed by atoms with Crippen molar-refractivity contribution >= 4 is 5.78 Å². The topological polar surface area (TPSA) is 46.9 Å². The van der Waals surface area contributed by atoms with Crippen LogP contribution >= 0.6 is 0 Å².